The van der Waals surface area contributed by atoms with Gasteiger partial charge in [-0.05, 0) is 42.8 Å². The maximum absolute atomic E-state index is 13.6. The summed E-state index contributed by atoms with van der Waals surface area (Å²) >= 11 is 0. The van der Waals surface area contributed by atoms with E-state index in [4.69, 9.17) is 0 Å². The molecule has 3 rings (SSSR count). The molecule has 0 bridgehead atoms. The first-order chi connectivity index (χ1) is 11.5. The van der Waals surface area contributed by atoms with Gasteiger partial charge in [0.05, 0.1) is 19.2 Å². The summed E-state index contributed by atoms with van der Waals surface area (Å²) in [5.74, 6) is -1.30. The van der Waals surface area contributed by atoms with Gasteiger partial charge in [0, 0.05) is 22.7 Å². The minimum atomic E-state index is -0.508. The number of nitrogens with zero attached hydrogens (tertiary/aromatic N) is 1. The highest BCUT2D eigenvalue weighted by molar-refractivity contribution is 6.11. The Labute approximate surface area is 137 Å². The van der Waals surface area contributed by atoms with E-state index >= 15 is 0 Å². The van der Waals surface area contributed by atoms with Gasteiger partial charge in [-0.25, -0.2) is 4.39 Å². The van der Waals surface area contributed by atoms with Crippen LogP contribution in [0.4, 0.5) is 4.39 Å². The number of pyridine rings is 1. The first-order valence-electron chi connectivity index (χ1n) is 7.34. The normalized spacial score (nSPS) is 10.8. The molecular formula is C18H15FN2O3. The average Bonchev–Trinajstić information content (AvgIpc) is 2.92. The number of rotatable bonds is 4. The molecule has 0 saturated heterocycles. The second kappa shape index (κ2) is 6.23. The molecule has 0 spiro atoms. The van der Waals surface area contributed by atoms with Crippen LogP contribution >= 0.6 is 0 Å². The molecule has 2 aromatic heterocycles. The zero-order valence-corrected chi connectivity index (χ0v) is 13.2. The molecule has 122 valence electrons. The van der Waals surface area contributed by atoms with E-state index in [9.17, 15) is 14.0 Å². The third kappa shape index (κ3) is 2.90. The molecule has 0 unspecified atom stereocenters. The van der Waals surface area contributed by atoms with Crippen LogP contribution in [0.1, 0.15) is 27.3 Å². The molecule has 0 amide bonds. The molecule has 0 radical (unpaired) electrons. The lowest BCUT2D eigenvalue weighted by atomic mass is 10.0. The molecule has 2 heterocycles. The predicted octanol–water partition coefficient (Wildman–Crippen LogP) is 2.96. The summed E-state index contributed by atoms with van der Waals surface area (Å²) in [4.78, 5) is 31.6. The number of aromatic amines is 1. The topological polar surface area (TPSA) is 72.1 Å². The van der Waals surface area contributed by atoms with E-state index in [-0.39, 0.29) is 23.6 Å². The standard InChI is InChI=1S/C18H15FN2O3/c1-10-5-6-20-15(7-10)18(23)17-13(9-16(22)24-2)12-8-11(19)3-4-14(12)21-17/h3-8,21H,9H2,1-2H3. The average molecular weight is 326 g/mol. The van der Waals surface area contributed by atoms with E-state index in [1.54, 1.807) is 18.3 Å². The number of halogens is 1. The van der Waals surface area contributed by atoms with Gasteiger partial charge in [-0.1, -0.05) is 0 Å². The zero-order chi connectivity index (χ0) is 17.3. The van der Waals surface area contributed by atoms with Crippen molar-refractivity contribution in [3.8, 4) is 0 Å². The van der Waals surface area contributed by atoms with E-state index in [1.807, 2.05) is 6.92 Å². The molecule has 0 aliphatic heterocycles. The lowest BCUT2D eigenvalue weighted by molar-refractivity contribution is -0.139. The Morgan fingerprint density at radius 2 is 2.04 bits per heavy atom. The largest absolute Gasteiger partial charge is 0.469 e. The van der Waals surface area contributed by atoms with Crippen molar-refractivity contribution in [2.45, 2.75) is 13.3 Å². The molecule has 0 saturated carbocycles. The summed E-state index contributed by atoms with van der Waals surface area (Å²) in [5, 5.41) is 0.483. The summed E-state index contributed by atoms with van der Waals surface area (Å²) in [6.07, 6.45) is 1.41. The van der Waals surface area contributed by atoms with Crippen LogP contribution in [0.2, 0.25) is 0 Å². The fourth-order valence-corrected chi connectivity index (χ4v) is 2.60. The number of carbonyl (C=O) groups is 2. The number of hydrogen-bond acceptors (Lipinski definition) is 4. The van der Waals surface area contributed by atoms with Crippen LogP contribution in [0.3, 0.4) is 0 Å². The van der Waals surface area contributed by atoms with Crippen molar-refractivity contribution in [3.05, 3.63) is 64.9 Å². The van der Waals surface area contributed by atoms with Gasteiger partial charge < -0.3 is 9.72 Å². The number of hydrogen-bond donors (Lipinski definition) is 1. The number of aryl methyl sites for hydroxylation is 1. The van der Waals surface area contributed by atoms with Crippen LogP contribution < -0.4 is 0 Å². The number of benzene rings is 1. The van der Waals surface area contributed by atoms with Gasteiger partial charge in [0.15, 0.2) is 0 Å². The van der Waals surface area contributed by atoms with Crippen molar-refractivity contribution < 1.29 is 18.7 Å². The van der Waals surface area contributed by atoms with Gasteiger partial charge in [0.25, 0.3) is 0 Å². The van der Waals surface area contributed by atoms with Crippen LogP contribution in [-0.4, -0.2) is 28.8 Å². The Bertz CT molecular complexity index is 947. The monoisotopic (exact) mass is 326 g/mol. The number of aromatic nitrogens is 2. The van der Waals surface area contributed by atoms with Gasteiger partial charge in [0.2, 0.25) is 5.78 Å². The zero-order valence-electron chi connectivity index (χ0n) is 13.2. The molecule has 6 heteroatoms. The quantitative estimate of drug-likeness (QED) is 0.591. The van der Waals surface area contributed by atoms with Crippen molar-refractivity contribution in [2.24, 2.45) is 0 Å². The minimum absolute atomic E-state index is 0.132. The maximum Gasteiger partial charge on any atom is 0.310 e. The highest BCUT2D eigenvalue weighted by atomic mass is 19.1. The van der Waals surface area contributed by atoms with Gasteiger partial charge in [-0.2, -0.15) is 0 Å². The molecule has 5 nitrogen and oxygen atoms in total. The molecule has 0 atom stereocenters. The molecule has 0 aliphatic carbocycles. The summed E-state index contributed by atoms with van der Waals surface area (Å²) in [5.41, 5.74) is 2.35. The second-order valence-electron chi connectivity index (χ2n) is 5.47. The van der Waals surface area contributed by atoms with Crippen molar-refractivity contribution >= 4 is 22.7 Å². The fraction of sp³-hybridized carbons (Fsp3) is 0.167. The Morgan fingerprint density at radius 3 is 2.75 bits per heavy atom. The summed E-state index contributed by atoms with van der Waals surface area (Å²) in [6, 6.07) is 7.57. The lowest BCUT2D eigenvalue weighted by Gasteiger charge is -2.04. The highest BCUT2D eigenvalue weighted by Crippen LogP contribution is 2.26. The number of H-pyrrole nitrogens is 1. The molecule has 24 heavy (non-hydrogen) atoms. The van der Waals surface area contributed by atoms with Crippen molar-refractivity contribution in [2.75, 3.05) is 7.11 Å². The SMILES string of the molecule is COC(=O)Cc1c(C(=O)c2cc(C)ccn2)[nH]c2ccc(F)cc12. The Hall–Kier alpha value is -3.02. The van der Waals surface area contributed by atoms with Crippen molar-refractivity contribution in [1.29, 1.82) is 0 Å². The van der Waals surface area contributed by atoms with Crippen LogP contribution in [0, 0.1) is 12.7 Å². The highest BCUT2D eigenvalue weighted by Gasteiger charge is 2.22. The van der Waals surface area contributed by atoms with E-state index in [0.717, 1.165) is 5.56 Å². The molecule has 0 fully saturated rings. The number of ketones is 1. The molecular weight excluding hydrogens is 311 g/mol. The Morgan fingerprint density at radius 1 is 1.25 bits per heavy atom. The van der Waals surface area contributed by atoms with Crippen molar-refractivity contribution in [3.63, 3.8) is 0 Å². The smallest absolute Gasteiger partial charge is 0.310 e. The number of ether oxygens (including phenoxy) is 1. The van der Waals surface area contributed by atoms with Crippen molar-refractivity contribution in [1.82, 2.24) is 9.97 Å². The van der Waals surface area contributed by atoms with Gasteiger partial charge in [-0.15, -0.1) is 0 Å². The van der Waals surface area contributed by atoms with E-state index < -0.39 is 11.8 Å². The molecule has 1 aromatic carbocycles. The third-order valence-electron chi connectivity index (χ3n) is 3.79. The van der Waals surface area contributed by atoms with Crippen LogP contribution in [0.25, 0.3) is 10.9 Å². The number of nitrogens with one attached hydrogen (secondary N) is 1. The van der Waals surface area contributed by atoms with Gasteiger partial charge >= 0.3 is 5.97 Å². The molecule has 0 aliphatic rings. The van der Waals surface area contributed by atoms with Crippen LogP contribution in [0.5, 0.6) is 0 Å². The number of methoxy groups -OCH3 is 1. The number of fused-ring (bicyclic) bond motifs is 1. The summed E-state index contributed by atoms with van der Waals surface area (Å²) in [7, 11) is 1.27. The lowest BCUT2D eigenvalue weighted by Crippen LogP contribution is -2.11. The van der Waals surface area contributed by atoms with Crippen LogP contribution in [-0.2, 0) is 16.0 Å². The summed E-state index contributed by atoms with van der Waals surface area (Å²) < 4.78 is 18.3. The Kier molecular flexibility index (Phi) is 4.12. The Balaban J connectivity index is 2.17. The van der Waals surface area contributed by atoms with E-state index in [2.05, 4.69) is 14.7 Å². The number of esters is 1. The molecule has 1 N–H and O–H groups in total. The fourth-order valence-electron chi connectivity index (χ4n) is 2.60. The number of carbonyl (C=O) groups excluding carboxylic acids is 2. The minimum Gasteiger partial charge on any atom is -0.469 e. The van der Waals surface area contributed by atoms with Gasteiger partial charge in [-0.3, -0.25) is 14.6 Å². The first kappa shape index (κ1) is 15.9. The summed E-state index contributed by atoms with van der Waals surface area (Å²) in [6.45, 7) is 1.86. The van der Waals surface area contributed by atoms with Crippen LogP contribution in [0.15, 0.2) is 36.5 Å². The second-order valence-corrected chi connectivity index (χ2v) is 5.47. The van der Waals surface area contributed by atoms with E-state index in [0.29, 0.717) is 16.5 Å². The van der Waals surface area contributed by atoms with Gasteiger partial charge in [0.1, 0.15) is 11.5 Å². The maximum atomic E-state index is 13.6. The molecule has 3 aromatic rings. The predicted molar refractivity (Wildman–Crippen MR) is 86.4 cm³/mol. The van der Waals surface area contributed by atoms with E-state index in [1.165, 1.54) is 25.3 Å². The first-order valence-corrected chi connectivity index (χ1v) is 7.34. The third-order valence-corrected chi connectivity index (χ3v) is 3.79.